The van der Waals surface area contributed by atoms with Crippen molar-refractivity contribution in [3.05, 3.63) is 17.3 Å². The number of hydrogen-bond donors (Lipinski definition) is 1. The fraction of sp³-hybridized carbons (Fsp3) is 0.556. The molecule has 1 aliphatic heterocycles. The zero-order chi connectivity index (χ0) is 9.26. The summed E-state index contributed by atoms with van der Waals surface area (Å²) in [5.41, 5.74) is 1.17. The molecule has 0 unspecified atom stereocenters. The molecule has 2 heterocycles. The predicted molar refractivity (Wildman–Crippen MR) is 49.2 cm³/mol. The van der Waals surface area contributed by atoms with Crippen LogP contribution in [0.3, 0.4) is 0 Å². The van der Waals surface area contributed by atoms with Crippen molar-refractivity contribution in [1.29, 1.82) is 0 Å². The van der Waals surface area contributed by atoms with E-state index in [1.807, 2.05) is 19.9 Å². The van der Waals surface area contributed by atoms with E-state index in [1.54, 1.807) is 0 Å². The molecule has 0 amide bonds. The second kappa shape index (κ2) is 3.30. The Kier molecular flexibility index (Phi) is 2.14. The molecule has 0 aromatic carbocycles. The van der Waals surface area contributed by atoms with E-state index in [1.165, 1.54) is 5.57 Å². The molecule has 0 radical (unpaired) electrons. The molecule has 0 atom stereocenters. The van der Waals surface area contributed by atoms with Gasteiger partial charge in [-0.1, -0.05) is 10.7 Å². The van der Waals surface area contributed by atoms with Crippen LogP contribution in [0.15, 0.2) is 10.1 Å². The summed E-state index contributed by atoms with van der Waals surface area (Å²) in [6.45, 7) is 5.95. The molecule has 1 aromatic heterocycles. The highest BCUT2D eigenvalue weighted by Crippen LogP contribution is 2.16. The lowest BCUT2D eigenvalue weighted by molar-refractivity contribution is 0.373. The van der Waals surface area contributed by atoms with Gasteiger partial charge in [-0.05, 0) is 13.8 Å². The van der Waals surface area contributed by atoms with Gasteiger partial charge in [-0.25, -0.2) is 0 Å². The predicted octanol–water partition coefficient (Wildman–Crippen LogP) is 1.18. The molecule has 0 saturated carbocycles. The van der Waals surface area contributed by atoms with Gasteiger partial charge in [0.15, 0.2) is 5.82 Å². The van der Waals surface area contributed by atoms with Gasteiger partial charge in [-0.2, -0.15) is 4.98 Å². The van der Waals surface area contributed by atoms with Crippen LogP contribution in [0.5, 0.6) is 0 Å². The molecular formula is C9H13N3O. The minimum Gasteiger partial charge on any atom is -0.335 e. The van der Waals surface area contributed by atoms with Crippen molar-refractivity contribution < 1.29 is 4.52 Å². The lowest BCUT2D eigenvalue weighted by Gasteiger charge is -2.23. The van der Waals surface area contributed by atoms with Crippen LogP contribution in [-0.2, 0) is 0 Å². The van der Waals surface area contributed by atoms with Crippen LogP contribution in [0.1, 0.15) is 31.5 Å². The van der Waals surface area contributed by atoms with Crippen molar-refractivity contribution >= 4 is 6.08 Å². The Labute approximate surface area is 77.0 Å². The first kappa shape index (κ1) is 8.44. The fourth-order valence-electron chi connectivity index (χ4n) is 1.19. The number of rotatable bonds is 2. The molecule has 1 aliphatic rings. The van der Waals surface area contributed by atoms with Crippen LogP contribution in [-0.4, -0.2) is 23.2 Å². The third kappa shape index (κ3) is 1.78. The second-order valence-corrected chi connectivity index (χ2v) is 3.57. The zero-order valence-electron chi connectivity index (χ0n) is 7.87. The Morgan fingerprint density at radius 2 is 2.31 bits per heavy atom. The van der Waals surface area contributed by atoms with E-state index >= 15 is 0 Å². The number of hydrogen-bond acceptors (Lipinski definition) is 4. The van der Waals surface area contributed by atoms with Gasteiger partial charge in [-0.3, -0.25) is 0 Å². The van der Waals surface area contributed by atoms with Crippen molar-refractivity contribution in [3.8, 4) is 0 Å². The van der Waals surface area contributed by atoms with E-state index in [2.05, 4.69) is 15.5 Å². The normalized spacial score (nSPS) is 16.8. The van der Waals surface area contributed by atoms with Gasteiger partial charge < -0.3 is 9.84 Å². The summed E-state index contributed by atoms with van der Waals surface area (Å²) >= 11 is 0. The van der Waals surface area contributed by atoms with Crippen molar-refractivity contribution in [2.24, 2.45) is 0 Å². The van der Waals surface area contributed by atoms with Gasteiger partial charge in [0.25, 0.3) is 5.89 Å². The van der Waals surface area contributed by atoms with Gasteiger partial charge >= 0.3 is 0 Å². The maximum absolute atomic E-state index is 5.07. The van der Waals surface area contributed by atoms with Gasteiger partial charge in [-0.15, -0.1) is 0 Å². The Balaban J connectivity index is 2.13. The third-order valence-corrected chi connectivity index (χ3v) is 2.02. The number of nitrogens with zero attached hydrogens (tertiary/aromatic N) is 2. The van der Waals surface area contributed by atoms with Gasteiger partial charge in [0.05, 0.1) is 0 Å². The molecular weight excluding hydrogens is 166 g/mol. The van der Waals surface area contributed by atoms with Crippen LogP contribution >= 0.6 is 0 Å². The minimum absolute atomic E-state index is 0.447. The van der Waals surface area contributed by atoms with E-state index in [0.29, 0.717) is 11.8 Å². The fourth-order valence-corrected chi connectivity index (χ4v) is 1.19. The quantitative estimate of drug-likeness (QED) is 0.740. The summed E-state index contributed by atoms with van der Waals surface area (Å²) in [4.78, 5) is 4.28. The lowest BCUT2D eigenvalue weighted by atomic mass is 10.0. The van der Waals surface area contributed by atoms with Crippen LogP contribution in [0, 0.1) is 0 Å². The van der Waals surface area contributed by atoms with E-state index in [9.17, 15) is 0 Å². The van der Waals surface area contributed by atoms with E-state index in [0.717, 1.165) is 18.9 Å². The number of nitrogens with one attached hydrogen (secondary N) is 1. The van der Waals surface area contributed by atoms with Crippen LogP contribution in [0.2, 0.25) is 0 Å². The van der Waals surface area contributed by atoms with Crippen LogP contribution in [0.4, 0.5) is 0 Å². The summed E-state index contributed by atoms with van der Waals surface area (Å²) < 4.78 is 5.07. The first-order valence-corrected chi connectivity index (χ1v) is 4.45. The van der Waals surface area contributed by atoms with Gasteiger partial charge in [0, 0.05) is 25.1 Å². The highest BCUT2D eigenvalue weighted by molar-refractivity contribution is 5.41. The minimum atomic E-state index is 0.447. The Morgan fingerprint density at radius 1 is 1.54 bits per heavy atom. The maximum Gasteiger partial charge on any atom is 0.250 e. The van der Waals surface area contributed by atoms with Crippen LogP contribution < -0.4 is 5.32 Å². The number of aromatic nitrogens is 2. The maximum atomic E-state index is 5.07. The van der Waals surface area contributed by atoms with Crippen molar-refractivity contribution in [3.63, 3.8) is 0 Å². The van der Waals surface area contributed by atoms with E-state index < -0.39 is 0 Å². The molecule has 13 heavy (non-hydrogen) atoms. The van der Waals surface area contributed by atoms with Crippen molar-refractivity contribution in [1.82, 2.24) is 15.5 Å². The van der Waals surface area contributed by atoms with E-state index in [4.69, 9.17) is 4.52 Å². The summed E-state index contributed by atoms with van der Waals surface area (Å²) in [7, 11) is 0. The first-order valence-electron chi connectivity index (χ1n) is 4.45. The number of allylic oxidation sites excluding steroid dienone is 1. The monoisotopic (exact) mass is 179 g/mol. The summed E-state index contributed by atoms with van der Waals surface area (Å²) in [6.07, 6.45) is 1.89. The molecule has 0 bridgehead atoms. The summed E-state index contributed by atoms with van der Waals surface area (Å²) in [5, 5.41) is 7.09. The molecule has 1 aromatic rings. The first-order chi connectivity index (χ1) is 6.25. The Morgan fingerprint density at radius 3 is 2.85 bits per heavy atom. The molecule has 1 saturated heterocycles. The molecule has 1 N–H and O–H groups in total. The highest BCUT2D eigenvalue weighted by Gasteiger charge is 2.23. The highest BCUT2D eigenvalue weighted by atomic mass is 16.5. The topological polar surface area (TPSA) is 51.0 Å². The Hall–Kier alpha value is -1.16. The zero-order valence-corrected chi connectivity index (χ0v) is 7.87. The molecule has 1 fully saturated rings. The van der Waals surface area contributed by atoms with Gasteiger partial charge in [0.1, 0.15) is 0 Å². The van der Waals surface area contributed by atoms with Crippen molar-refractivity contribution in [2.75, 3.05) is 13.1 Å². The lowest BCUT2D eigenvalue weighted by Crippen LogP contribution is -2.40. The van der Waals surface area contributed by atoms with Crippen molar-refractivity contribution in [2.45, 2.75) is 19.8 Å². The standard InChI is InChI=1S/C9H13N3O/c1-6(2)3-8-11-9(12-13-8)7-4-10-5-7/h3,7,10H,4-5H2,1-2H3. The molecule has 4 nitrogen and oxygen atoms in total. The Bertz CT molecular complexity index is 321. The smallest absolute Gasteiger partial charge is 0.250 e. The molecule has 0 spiro atoms. The molecule has 70 valence electrons. The van der Waals surface area contributed by atoms with E-state index in [-0.39, 0.29) is 0 Å². The molecule has 0 aliphatic carbocycles. The van der Waals surface area contributed by atoms with Crippen LogP contribution in [0.25, 0.3) is 6.08 Å². The third-order valence-electron chi connectivity index (χ3n) is 2.02. The summed E-state index contributed by atoms with van der Waals surface area (Å²) in [6, 6.07) is 0. The molecule has 4 heteroatoms. The second-order valence-electron chi connectivity index (χ2n) is 3.57. The molecule has 2 rings (SSSR count). The summed E-state index contributed by atoms with van der Waals surface area (Å²) in [5.74, 6) is 1.89. The average molecular weight is 179 g/mol. The largest absolute Gasteiger partial charge is 0.335 e. The SMILES string of the molecule is CC(C)=Cc1nc(C2CNC2)no1. The average Bonchev–Trinajstić information content (AvgIpc) is 2.31. The van der Waals surface area contributed by atoms with Gasteiger partial charge in [0.2, 0.25) is 0 Å².